The summed E-state index contributed by atoms with van der Waals surface area (Å²) in [6.07, 6.45) is -0.795. The highest BCUT2D eigenvalue weighted by atomic mass is 32.2. The Hall–Kier alpha value is -1.06. The van der Waals surface area contributed by atoms with Gasteiger partial charge in [-0.05, 0) is 48.1 Å². The second-order valence-corrected chi connectivity index (χ2v) is 9.97. The first-order valence-electron chi connectivity index (χ1n) is 7.90. The van der Waals surface area contributed by atoms with Crippen molar-refractivity contribution in [3.05, 3.63) is 21.9 Å². The average Bonchev–Trinajstić information content (AvgIpc) is 2.87. The lowest BCUT2D eigenvalue weighted by molar-refractivity contribution is -0.218. The zero-order valence-electron chi connectivity index (χ0n) is 12.9. The fraction of sp³-hybridized carbons (Fsp3) is 0.667. The van der Waals surface area contributed by atoms with Gasteiger partial charge in [-0.2, -0.15) is 12.7 Å². The van der Waals surface area contributed by atoms with Gasteiger partial charge in [-0.25, -0.2) is 13.5 Å². The third kappa shape index (κ3) is 2.48. The minimum atomic E-state index is -3.89. The molecular weight excluding hydrogens is 358 g/mol. The molecule has 5 nitrogen and oxygen atoms in total. The molecular formula is C15H18F2N2O3S2. The van der Waals surface area contributed by atoms with E-state index in [2.05, 4.69) is 4.72 Å². The standard InChI is InChI=1S/C15H18F2N2O3S2/c16-12(17)5-14-7-15(8-14,9-14)13(20)18-24(21,22)19-3-1-11-10(6-19)2-4-23-11/h2,4,12H,1,3,5-9H2,(H,18,20). The van der Waals surface area contributed by atoms with Crippen molar-refractivity contribution in [1.29, 1.82) is 0 Å². The molecule has 0 radical (unpaired) electrons. The van der Waals surface area contributed by atoms with Gasteiger partial charge in [0.1, 0.15) is 0 Å². The number of nitrogens with zero attached hydrogens (tertiary/aromatic N) is 1. The van der Waals surface area contributed by atoms with Crippen molar-refractivity contribution in [2.45, 2.75) is 45.1 Å². The molecule has 3 fully saturated rings. The Bertz CT molecular complexity index is 771. The molecule has 0 aromatic carbocycles. The lowest BCUT2D eigenvalue weighted by atomic mass is 9.34. The second kappa shape index (κ2) is 5.22. The predicted molar refractivity (Wildman–Crippen MR) is 84.8 cm³/mol. The lowest BCUT2D eigenvalue weighted by Gasteiger charge is -2.69. The smallest absolute Gasteiger partial charge is 0.273 e. The molecule has 0 unspecified atom stereocenters. The lowest BCUT2D eigenvalue weighted by Crippen LogP contribution is -2.69. The van der Waals surface area contributed by atoms with Crippen LogP contribution in [0.4, 0.5) is 8.78 Å². The monoisotopic (exact) mass is 376 g/mol. The summed E-state index contributed by atoms with van der Waals surface area (Å²) in [5, 5.41) is 1.93. The first kappa shape index (κ1) is 16.4. The summed E-state index contributed by atoms with van der Waals surface area (Å²) < 4.78 is 53.4. The number of hydrogen-bond donors (Lipinski definition) is 1. The summed E-state index contributed by atoms with van der Waals surface area (Å²) in [5.74, 6) is -0.533. The first-order valence-corrected chi connectivity index (χ1v) is 10.2. The summed E-state index contributed by atoms with van der Waals surface area (Å²) in [7, 11) is -3.89. The van der Waals surface area contributed by atoms with Gasteiger partial charge >= 0.3 is 10.2 Å². The molecule has 0 spiro atoms. The number of nitrogens with one attached hydrogen (secondary N) is 1. The Labute approximate surface area is 143 Å². The van der Waals surface area contributed by atoms with Crippen LogP contribution in [0.25, 0.3) is 0 Å². The van der Waals surface area contributed by atoms with Crippen LogP contribution >= 0.6 is 11.3 Å². The van der Waals surface area contributed by atoms with E-state index in [9.17, 15) is 22.0 Å². The van der Waals surface area contributed by atoms with Gasteiger partial charge in [0.05, 0.1) is 5.41 Å². The molecule has 132 valence electrons. The fourth-order valence-electron chi connectivity index (χ4n) is 4.50. The highest BCUT2D eigenvalue weighted by Crippen LogP contribution is 2.75. The van der Waals surface area contributed by atoms with E-state index in [1.807, 2.05) is 11.4 Å². The van der Waals surface area contributed by atoms with Crippen LogP contribution in [0.3, 0.4) is 0 Å². The summed E-state index contributed by atoms with van der Waals surface area (Å²) in [4.78, 5) is 13.5. The second-order valence-electron chi connectivity index (χ2n) is 7.29. The van der Waals surface area contributed by atoms with E-state index in [-0.39, 0.29) is 13.0 Å². The van der Waals surface area contributed by atoms with Gasteiger partial charge in [-0.1, -0.05) is 0 Å². The predicted octanol–water partition coefficient (Wildman–Crippen LogP) is 2.29. The van der Waals surface area contributed by atoms with Crippen LogP contribution in [0.5, 0.6) is 0 Å². The van der Waals surface area contributed by atoms with Crippen molar-refractivity contribution in [3.8, 4) is 0 Å². The third-order valence-corrected chi connectivity index (χ3v) is 8.00. The normalized spacial score (nSPS) is 32.0. The molecule has 3 aliphatic carbocycles. The Kier molecular flexibility index (Phi) is 3.57. The summed E-state index contributed by atoms with van der Waals surface area (Å²) >= 11 is 1.61. The summed E-state index contributed by atoms with van der Waals surface area (Å²) in [6, 6.07) is 1.90. The van der Waals surface area contributed by atoms with Gasteiger partial charge < -0.3 is 0 Å². The van der Waals surface area contributed by atoms with Crippen LogP contribution in [0.15, 0.2) is 11.4 Å². The quantitative estimate of drug-likeness (QED) is 0.857. The molecule has 3 saturated carbocycles. The number of carbonyl (C=O) groups is 1. The Balaban J connectivity index is 1.39. The Morgan fingerprint density at radius 3 is 2.75 bits per heavy atom. The molecule has 2 heterocycles. The molecule has 24 heavy (non-hydrogen) atoms. The maximum Gasteiger partial charge on any atom is 0.304 e. The minimum Gasteiger partial charge on any atom is -0.273 e. The van der Waals surface area contributed by atoms with E-state index in [1.54, 1.807) is 11.3 Å². The van der Waals surface area contributed by atoms with Crippen LogP contribution in [-0.4, -0.2) is 31.6 Å². The number of hydrogen-bond acceptors (Lipinski definition) is 4. The molecule has 1 aromatic rings. The third-order valence-electron chi connectivity index (χ3n) is 5.54. The van der Waals surface area contributed by atoms with Crippen molar-refractivity contribution in [1.82, 2.24) is 9.03 Å². The van der Waals surface area contributed by atoms with Gasteiger partial charge in [-0.3, -0.25) is 4.79 Å². The van der Waals surface area contributed by atoms with Gasteiger partial charge in [0.15, 0.2) is 0 Å². The van der Waals surface area contributed by atoms with Crippen LogP contribution in [0.1, 0.15) is 36.1 Å². The van der Waals surface area contributed by atoms with E-state index in [0.717, 1.165) is 5.56 Å². The van der Waals surface area contributed by atoms with Gasteiger partial charge in [0.25, 0.3) is 0 Å². The number of alkyl halides is 2. The molecule has 5 rings (SSSR count). The van der Waals surface area contributed by atoms with Crippen molar-refractivity contribution in [2.24, 2.45) is 10.8 Å². The SMILES string of the molecule is O=C(NS(=O)(=O)N1CCc2sccc2C1)C12CC(CC(F)F)(C1)C2. The molecule has 2 bridgehead atoms. The average molecular weight is 376 g/mol. The number of carbonyl (C=O) groups excluding carboxylic acids is 1. The Morgan fingerprint density at radius 2 is 2.08 bits per heavy atom. The van der Waals surface area contributed by atoms with Crippen molar-refractivity contribution < 1.29 is 22.0 Å². The van der Waals surface area contributed by atoms with Crippen molar-refractivity contribution in [2.75, 3.05) is 6.54 Å². The van der Waals surface area contributed by atoms with E-state index < -0.39 is 33.4 Å². The number of fused-ring (bicyclic) bond motifs is 1. The molecule has 1 aliphatic heterocycles. The van der Waals surface area contributed by atoms with E-state index in [4.69, 9.17) is 0 Å². The maximum atomic E-state index is 12.5. The van der Waals surface area contributed by atoms with Gasteiger partial charge in [-0.15, -0.1) is 11.3 Å². The van der Waals surface area contributed by atoms with Crippen LogP contribution in [0.2, 0.25) is 0 Å². The van der Waals surface area contributed by atoms with E-state index in [1.165, 1.54) is 9.18 Å². The first-order chi connectivity index (χ1) is 11.2. The number of amides is 1. The largest absolute Gasteiger partial charge is 0.304 e. The minimum absolute atomic E-state index is 0.193. The zero-order chi connectivity index (χ0) is 17.2. The van der Waals surface area contributed by atoms with Crippen LogP contribution < -0.4 is 4.72 Å². The molecule has 9 heteroatoms. The molecule has 0 atom stereocenters. The van der Waals surface area contributed by atoms with Crippen molar-refractivity contribution >= 4 is 27.5 Å². The molecule has 1 amide bonds. The van der Waals surface area contributed by atoms with Crippen LogP contribution in [-0.2, 0) is 28.0 Å². The maximum absolute atomic E-state index is 12.5. The fourth-order valence-corrected chi connectivity index (χ4v) is 6.61. The molecule has 0 saturated heterocycles. The number of rotatable bonds is 5. The van der Waals surface area contributed by atoms with Crippen LogP contribution in [0, 0.1) is 10.8 Å². The summed E-state index contributed by atoms with van der Waals surface area (Å²) in [5.41, 5.74) is -0.206. The number of thiophene rings is 1. The Morgan fingerprint density at radius 1 is 1.38 bits per heavy atom. The highest BCUT2D eigenvalue weighted by molar-refractivity contribution is 7.87. The topological polar surface area (TPSA) is 66.5 Å². The van der Waals surface area contributed by atoms with Gasteiger partial charge in [0.2, 0.25) is 12.3 Å². The molecule has 1 N–H and O–H groups in total. The van der Waals surface area contributed by atoms with E-state index >= 15 is 0 Å². The molecule has 1 aromatic heterocycles. The van der Waals surface area contributed by atoms with Gasteiger partial charge in [0, 0.05) is 24.4 Å². The zero-order valence-corrected chi connectivity index (χ0v) is 14.6. The van der Waals surface area contributed by atoms with E-state index in [0.29, 0.717) is 32.2 Å². The number of halogens is 2. The highest BCUT2D eigenvalue weighted by Gasteiger charge is 2.71. The summed E-state index contributed by atoms with van der Waals surface area (Å²) in [6.45, 7) is 0.613. The van der Waals surface area contributed by atoms with Crippen molar-refractivity contribution in [3.63, 3.8) is 0 Å². The molecule has 4 aliphatic rings.